The van der Waals surface area contributed by atoms with Gasteiger partial charge in [0.1, 0.15) is 5.75 Å². The van der Waals surface area contributed by atoms with Crippen LogP contribution in [0.4, 0.5) is 5.69 Å². The number of fused-ring (bicyclic) bond motifs is 1. The maximum atomic E-state index is 5.29. The summed E-state index contributed by atoms with van der Waals surface area (Å²) in [5.41, 5.74) is 2.98. The van der Waals surface area contributed by atoms with E-state index in [2.05, 4.69) is 16.0 Å². The number of rotatable bonds is 3. The minimum atomic E-state index is 0.826. The number of aliphatic imine (C=N–C) groups is 1. The molecule has 1 aromatic heterocycles. The van der Waals surface area contributed by atoms with Crippen LogP contribution in [0.15, 0.2) is 59.7 Å². The maximum absolute atomic E-state index is 5.29. The Hall–Kier alpha value is -2.55. The number of hydrogen-bond donors (Lipinski definition) is 1. The van der Waals surface area contributed by atoms with Crippen LogP contribution in [0, 0.1) is 0 Å². The van der Waals surface area contributed by atoms with Crippen molar-refractivity contribution in [2.24, 2.45) is 4.99 Å². The minimum absolute atomic E-state index is 0.826. The number of methoxy groups -OCH3 is 1. The van der Waals surface area contributed by atoms with Crippen molar-refractivity contribution in [3.8, 4) is 5.75 Å². The minimum Gasteiger partial charge on any atom is -0.496 e. The second-order valence-electron chi connectivity index (χ2n) is 4.25. The van der Waals surface area contributed by atoms with E-state index in [1.165, 1.54) is 5.39 Å². The number of nitrogens with one attached hydrogen (secondary N) is 1. The van der Waals surface area contributed by atoms with E-state index < -0.39 is 0 Å². The molecule has 3 nitrogen and oxygen atoms in total. The molecule has 2 aromatic carbocycles. The van der Waals surface area contributed by atoms with Gasteiger partial charge in [-0.2, -0.15) is 0 Å². The molecule has 0 fully saturated rings. The average Bonchev–Trinajstić information content (AvgIpc) is 2.93. The second-order valence-corrected chi connectivity index (χ2v) is 4.25. The van der Waals surface area contributed by atoms with Crippen molar-refractivity contribution >= 4 is 22.8 Å². The first-order valence-electron chi connectivity index (χ1n) is 6.11. The van der Waals surface area contributed by atoms with E-state index in [0.29, 0.717) is 0 Å². The molecule has 1 N–H and O–H groups in total. The number of ether oxygens (including phenoxy) is 1. The van der Waals surface area contributed by atoms with E-state index in [-0.39, 0.29) is 0 Å². The summed E-state index contributed by atoms with van der Waals surface area (Å²) in [5.74, 6) is 0.826. The molecule has 1 heterocycles. The largest absolute Gasteiger partial charge is 0.496 e. The summed E-state index contributed by atoms with van der Waals surface area (Å²) in [6, 6.07) is 16.0. The molecule has 0 aliphatic carbocycles. The van der Waals surface area contributed by atoms with Gasteiger partial charge in [-0.3, -0.25) is 4.99 Å². The Morgan fingerprint density at radius 3 is 2.89 bits per heavy atom. The van der Waals surface area contributed by atoms with Crippen molar-refractivity contribution in [3.63, 3.8) is 0 Å². The Bertz CT molecular complexity index is 728. The molecule has 0 saturated heterocycles. The molecule has 94 valence electrons. The Balaban J connectivity index is 1.93. The van der Waals surface area contributed by atoms with Crippen LogP contribution in [-0.4, -0.2) is 18.3 Å². The van der Waals surface area contributed by atoms with E-state index in [0.717, 1.165) is 22.5 Å². The summed E-state index contributed by atoms with van der Waals surface area (Å²) in [4.78, 5) is 7.67. The molecular weight excluding hydrogens is 236 g/mol. The SMILES string of the molecule is COc1ccccc1C=Nc1ccc2cc[nH]c2c1. The summed E-state index contributed by atoms with van der Waals surface area (Å²) in [6.45, 7) is 0. The predicted molar refractivity (Wildman–Crippen MR) is 78.5 cm³/mol. The Kier molecular flexibility index (Phi) is 3.02. The fourth-order valence-electron chi connectivity index (χ4n) is 2.03. The van der Waals surface area contributed by atoms with Crippen molar-refractivity contribution in [2.45, 2.75) is 0 Å². The number of hydrogen-bond acceptors (Lipinski definition) is 2. The first kappa shape index (κ1) is 11.5. The zero-order chi connectivity index (χ0) is 13.1. The predicted octanol–water partition coefficient (Wildman–Crippen LogP) is 3.93. The Morgan fingerprint density at radius 1 is 1.11 bits per heavy atom. The topological polar surface area (TPSA) is 37.4 Å². The smallest absolute Gasteiger partial charge is 0.127 e. The van der Waals surface area contributed by atoms with Crippen LogP contribution in [0.5, 0.6) is 5.75 Å². The van der Waals surface area contributed by atoms with Crippen molar-refractivity contribution in [2.75, 3.05) is 7.11 Å². The summed E-state index contributed by atoms with van der Waals surface area (Å²) in [5, 5.41) is 1.19. The van der Waals surface area contributed by atoms with Crippen molar-refractivity contribution < 1.29 is 4.74 Å². The number of aromatic nitrogens is 1. The third-order valence-corrected chi connectivity index (χ3v) is 3.03. The van der Waals surface area contributed by atoms with E-state index >= 15 is 0 Å². The third kappa shape index (κ3) is 2.36. The number of para-hydroxylation sites is 1. The molecule has 3 heteroatoms. The molecule has 19 heavy (non-hydrogen) atoms. The van der Waals surface area contributed by atoms with Crippen molar-refractivity contribution in [1.29, 1.82) is 0 Å². The molecule has 0 aliphatic rings. The molecular formula is C16H14N2O. The van der Waals surface area contributed by atoms with Crippen LogP contribution in [0.3, 0.4) is 0 Å². The van der Waals surface area contributed by atoms with Gasteiger partial charge < -0.3 is 9.72 Å². The fourth-order valence-corrected chi connectivity index (χ4v) is 2.03. The summed E-state index contributed by atoms with van der Waals surface area (Å²) in [6.07, 6.45) is 3.75. The van der Waals surface area contributed by atoms with Crippen LogP contribution in [0.2, 0.25) is 0 Å². The molecule has 0 amide bonds. The normalized spacial score (nSPS) is 11.2. The molecule has 0 unspecified atom stereocenters. The lowest BCUT2D eigenvalue weighted by molar-refractivity contribution is 0.414. The van der Waals surface area contributed by atoms with Gasteiger partial charge in [0.25, 0.3) is 0 Å². The van der Waals surface area contributed by atoms with Crippen molar-refractivity contribution in [1.82, 2.24) is 4.98 Å². The monoisotopic (exact) mass is 250 g/mol. The van der Waals surface area contributed by atoms with E-state index in [9.17, 15) is 0 Å². The molecule has 0 radical (unpaired) electrons. The van der Waals surface area contributed by atoms with Crippen LogP contribution in [-0.2, 0) is 0 Å². The Labute approximate surface area is 111 Å². The third-order valence-electron chi connectivity index (χ3n) is 3.03. The lowest BCUT2D eigenvalue weighted by Crippen LogP contribution is -1.89. The van der Waals surface area contributed by atoms with Gasteiger partial charge >= 0.3 is 0 Å². The summed E-state index contributed by atoms with van der Waals surface area (Å²) >= 11 is 0. The van der Waals surface area contributed by atoms with E-state index in [4.69, 9.17) is 4.74 Å². The molecule has 0 bridgehead atoms. The lowest BCUT2D eigenvalue weighted by Gasteiger charge is -2.02. The number of nitrogens with zero attached hydrogens (tertiary/aromatic N) is 1. The summed E-state index contributed by atoms with van der Waals surface area (Å²) in [7, 11) is 1.66. The molecule has 0 spiro atoms. The van der Waals surface area contributed by atoms with Crippen LogP contribution < -0.4 is 4.74 Å². The van der Waals surface area contributed by atoms with E-state index in [1.54, 1.807) is 7.11 Å². The molecule has 3 rings (SSSR count). The highest BCUT2D eigenvalue weighted by atomic mass is 16.5. The second kappa shape index (κ2) is 4.98. The van der Waals surface area contributed by atoms with Gasteiger partial charge in [-0.05, 0) is 35.7 Å². The van der Waals surface area contributed by atoms with Crippen LogP contribution in [0.1, 0.15) is 5.56 Å². The van der Waals surface area contributed by atoms with Gasteiger partial charge in [0, 0.05) is 23.5 Å². The fraction of sp³-hybridized carbons (Fsp3) is 0.0625. The zero-order valence-corrected chi connectivity index (χ0v) is 10.6. The lowest BCUT2D eigenvalue weighted by atomic mass is 10.2. The van der Waals surface area contributed by atoms with Gasteiger partial charge in [-0.15, -0.1) is 0 Å². The molecule has 3 aromatic rings. The Morgan fingerprint density at radius 2 is 2.00 bits per heavy atom. The highest BCUT2D eigenvalue weighted by Crippen LogP contribution is 2.21. The molecule has 0 atom stereocenters. The van der Waals surface area contributed by atoms with Gasteiger partial charge in [-0.25, -0.2) is 0 Å². The van der Waals surface area contributed by atoms with Crippen LogP contribution >= 0.6 is 0 Å². The van der Waals surface area contributed by atoms with Gasteiger partial charge in [-0.1, -0.05) is 18.2 Å². The zero-order valence-electron chi connectivity index (χ0n) is 10.6. The van der Waals surface area contributed by atoms with Crippen molar-refractivity contribution in [3.05, 3.63) is 60.3 Å². The highest BCUT2D eigenvalue weighted by Gasteiger charge is 1.98. The number of benzene rings is 2. The maximum Gasteiger partial charge on any atom is 0.127 e. The summed E-state index contributed by atoms with van der Waals surface area (Å²) < 4.78 is 5.29. The average molecular weight is 250 g/mol. The van der Waals surface area contributed by atoms with Gasteiger partial charge in [0.15, 0.2) is 0 Å². The van der Waals surface area contributed by atoms with Crippen LogP contribution in [0.25, 0.3) is 10.9 Å². The quantitative estimate of drug-likeness (QED) is 0.703. The first-order chi connectivity index (χ1) is 9.36. The number of H-pyrrole nitrogens is 1. The molecule has 0 saturated carbocycles. The first-order valence-corrected chi connectivity index (χ1v) is 6.11. The molecule has 0 aliphatic heterocycles. The highest BCUT2D eigenvalue weighted by molar-refractivity contribution is 5.87. The van der Waals surface area contributed by atoms with Gasteiger partial charge in [0.05, 0.1) is 12.8 Å². The number of aromatic amines is 1. The standard InChI is InChI=1S/C16H14N2O/c1-19-16-5-3-2-4-13(16)11-18-14-7-6-12-8-9-17-15(12)10-14/h2-11,17H,1H3. The van der Waals surface area contributed by atoms with E-state index in [1.807, 2.05) is 54.9 Å². The van der Waals surface area contributed by atoms with Gasteiger partial charge in [0.2, 0.25) is 0 Å².